The molecule has 1 rings (SSSR count). The average molecular weight is 268 g/mol. The Morgan fingerprint density at radius 3 is 2.63 bits per heavy atom. The van der Waals surface area contributed by atoms with Crippen LogP contribution in [0.1, 0.15) is 30.2 Å². The van der Waals surface area contributed by atoms with Gasteiger partial charge >= 0.3 is 5.91 Å². The predicted molar refractivity (Wildman–Crippen MR) is 69.7 cm³/mol. The SMILES string of the molecule is CC(C)CN(CC(N)=O)Cc1ccc(C(=O)NN)o1. The number of carbonyl (C=O) groups is 2. The van der Waals surface area contributed by atoms with Crippen LogP contribution in [0.4, 0.5) is 0 Å². The quantitative estimate of drug-likeness (QED) is 0.361. The monoisotopic (exact) mass is 268 g/mol. The third-order valence-electron chi connectivity index (χ3n) is 2.40. The van der Waals surface area contributed by atoms with E-state index in [0.717, 1.165) is 0 Å². The molecule has 2 amide bonds. The molecule has 1 heterocycles. The lowest BCUT2D eigenvalue weighted by molar-refractivity contribution is -0.119. The summed E-state index contributed by atoms with van der Waals surface area (Å²) in [6, 6.07) is 3.22. The molecule has 0 atom stereocenters. The highest BCUT2D eigenvalue weighted by Gasteiger charge is 2.15. The lowest BCUT2D eigenvalue weighted by Crippen LogP contribution is -2.35. The molecule has 1 aromatic rings. The second-order valence-electron chi connectivity index (χ2n) is 4.77. The molecule has 0 radical (unpaired) electrons. The molecule has 0 aliphatic heterocycles. The zero-order chi connectivity index (χ0) is 14.4. The van der Waals surface area contributed by atoms with E-state index < -0.39 is 11.8 Å². The molecule has 5 N–H and O–H groups in total. The van der Waals surface area contributed by atoms with Gasteiger partial charge in [0, 0.05) is 6.54 Å². The maximum absolute atomic E-state index is 11.3. The first kappa shape index (κ1) is 15.2. The maximum Gasteiger partial charge on any atom is 0.300 e. The van der Waals surface area contributed by atoms with E-state index in [-0.39, 0.29) is 12.3 Å². The summed E-state index contributed by atoms with van der Waals surface area (Å²) >= 11 is 0. The van der Waals surface area contributed by atoms with Crippen molar-refractivity contribution in [3.05, 3.63) is 23.7 Å². The minimum atomic E-state index is -0.489. The van der Waals surface area contributed by atoms with Crippen LogP contribution >= 0.6 is 0 Å². The third kappa shape index (κ3) is 5.11. The fraction of sp³-hybridized carbons (Fsp3) is 0.500. The molecule has 0 aromatic carbocycles. The first-order valence-corrected chi connectivity index (χ1v) is 6.02. The van der Waals surface area contributed by atoms with Gasteiger partial charge in [0.25, 0.3) is 0 Å². The van der Waals surface area contributed by atoms with Crippen molar-refractivity contribution in [3.8, 4) is 0 Å². The number of rotatable bonds is 7. The number of hydrogen-bond donors (Lipinski definition) is 3. The van der Waals surface area contributed by atoms with Crippen molar-refractivity contribution in [2.45, 2.75) is 20.4 Å². The standard InChI is InChI=1S/C12H20N4O3/c1-8(2)5-16(7-11(13)17)6-9-3-4-10(19-9)12(18)15-14/h3-4,8H,5-7,14H2,1-2H3,(H2,13,17)(H,15,18). The number of hydrazine groups is 1. The minimum absolute atomic E-state index is 0.140. The number of primary amides is 1. The van der Waals surface area contributed by atoms with E-state index in [1.807, 2.05) is 24.2 Å². The van der Waals surface area contributed by atoms with Crippen LogP contribution in [-0.2, 0) is 11.3 Å². The molecule has 7 nitrogen and oxygen atoms in total. The zero-order valence-electron chi connectivity index (χ0n) is 11.2. The summed E-state index contributed by atoms with van der Waals surface area (Å²) in [6.07, 6.45) is 0. The Bertz CT molecular complexity index is 442. The van der Waals surface area contributed by atoms with Crippen molar-refractivity contribution in [2.75, 3.05) is 13.1 Å². The molecule has 0 spiro atoms. The molecule has 0 aliphatic rings. The molecule has 0 saturated carbocycles. The van der Waals surface area contributed by atoms with Crippen molar-refractivity contribution in [1.82, 2.24) is 10.3 Å². The number of nitrogens with zero attached hydrogens (tertiary/aromatic N) is 1. The van der Waals surface area contributed by atoms with Crippen LogP contribution < -0.4 is 17.0 Å². The molecule has 0 fully saturated rings. The van der Waals surface area contributed by atoms with Crippen molar-refractivity contribution < 1.29 is 14.0 Å². The molecule has 0 aliphatic carbocycles. The van der Waals surface area contributed by atoms with Crippen LogP contribution in [0.15, 0.2) is 16.5 Å². The fourth-order valence-electron chi connectivity index (χ4n) is 1.80. The summed E-state index contributed by atoms with van der Waals surface area (Å²) in [6.45, 7) is 5.37. The van der Waals surface area contributed by atoms with Gasteiger partial charge in [0.1, 0.15) is 5.76 Å². The largest absolute Gasteiger partial charge is 0.455 e. The normalized spacial score (nSPS) is 11.0. The van der Waals surface area contributed by atoms with E-state index in [4.69, 9.17) is 16.0 Å². The highest BCUT2D eigenvalue weighted by Crippen LogP contribution is 2.11. The number of furan rings is 1. The Morgan fingerprint density at radius 1 is 1.42 bits per heavy atom. The van der Waals surface area contributed by atoms with Gasteiger partial charge in [-0.25, -0.2) is 5.84 Å². The molecule has 106 valence electrons. The summed E-state index contributed by atoms with van der Waals surface area (Å²) in [5, 5.41) is 0. The van der Waals surface area contributed by atoms with Gasteiger partial charge in [-0.05, 0) is 18.1 Å². The molecular weight excluding hydrogens is 248 g/mol. The van der Waals surface area contributed by atoms with Gasteiger partial charge in [-0.3, -0.25) is 19.9 Å². The molecule has 19 heavy (non-hydrogen) atoms. The first-order valence-electron chi connectivity index (χ1n) is 6.02. The summed E-state index contributed by atoms with van der Waals surface area (Å²) in [7, 11) is 0. The lowest BCUT2D eigenvalue weighted by atomic mass is 10.2. The summed E-state index contributed by atoms with van der Waals surface area (Å²) < 4.78 is 5.34. The summed E-state index contributed by atoms with van der Waals surface area (Å²) in [4.78, 5) is 24.1. The van der Waals surface area contributed by atoms with E-state index in [1.54, 1.807) is 6.07 Å². The van der Waals surface area contributed by atoms with E-state index in [9.17, 15) is 9.59 Å². The Kier molecular flexibility index (Phi) is 5.53. The topological polar surface area (TPSA) is 115 Å². The number of nitrogens with one attached hydrogen (secondary N) is 1. The van der Waals surface area contributed by atoms with Crippen LogP contribution in [0.25, 0.3) is 0 Å². The smallest absolute Gasteiger partial charge is 0.300 e. The Labute approximate surface area is 111 Å². The lowest BCUT2D eigenvalue weighted by Gasteiger charge is -2.21. The average Bonchev–Trinajstić information content (AvgIpc) is 2.74. The van der Waals surface area contributed by atoms with E-state index in [0.29, 0.717) is 24.8 Å². The van der Waals surface area contributed by atoms with Crippen LogP contribution in [0.5, 0.6) is 0 Å². The number of amides is 2. The molecule has 0 unspecified atom stereocenters. The molecule has 0 bridgehead atoms. The predicted octanol–water partition coefficient (Wildman–Crippen LogP) is -0.174. The maximum atomic E-state index is 11.3. The van der Waals surface area contributed by atoms with Crippen molar-refractivity contribution in [1.29, 1.82) is 0 Å². The van der Waals surface area contributed by atoms with Gasteiger partial charge < -0.3 is 10.2 Å². The number of nitrogens with two attached hydrogens (primary N) is 2. The Balaban J connectivity index is 2.69. The minimum Gasteiger partial charge on any atom is -0.455 e. The Morgan fingerprint density at radius 2 is 2.11 bits per heavy atom. The fourth-order valence-corrected chi connectivity index (χ4v) is 1.80. The van der Waals surface area contributed by atoms with Gasteiger partial charge in [-0.1, -0.05) is 13.8 Å². The van der Waals surface area contributed by atoms with Crippen LogP contribution in [0.3, 0.4) is 0 Å². The molecule has 0 saturated heterocycles. The van der Waals surface area contributed by atoms with Gasteiger partial charge in [0.15, 0.2) is 5.76 Å². The molecule has 7 heteroatoms. The second-order valence-corrected chi connectivity index (χ2v) is 4.77. The highest BCUT2D eigenvalue weighted by atomic mass is 16.4. The first-order chi connectivity index (χ1) is 8.92. The van der Waals surface area contributed by atoms with E-state index in [1.165, 1.54) is 6.07 Å². The van der Waals surface area contributed by atoms with E-state index >= 15 is 0 Å². The number of carbonyl (C=O) groups excluding carboxylic acids is 2. The molecule has 1 aromatic heterocycles. The third-order valence-corrected chi connectivity index (χ3v) is 2.40. The van der Waals surface area contributed by atoms with Crippen LogP contribution in [0, 0.1) is 5.92 Å². The van der Waals surface area contributed by atoms with Crippen LogP contribution in [-0.4, -0.2) is 29.8 Å². The number of nitrogen functional groups attached to an aromatic ring is 1. The van der Waals surface area contributed by atoms with Crippen molar-refractivity contribution in [3.63, 3.8) is 0 Å². The van der Waals surface area contributed by atoms with Gasteiger partial charge in [0.2, 0.25) is 5.91 Å². The van der Waals surface area contributed by atoms with Crippen LogP contribution in [0.2, 0.25) is 0 Å². The van der Waals surface area contributed by atoms with Gasteiger partial charge in [0.05, 0.1) is 13.1 Å². The summed E-state index contributed by atoms with van der Waals surface area (Å²) in [5.74, 6) is 5.24. The number of hydrogen-bond acceptors (Lipinski definition) is 5. The zero-order valence-corrected chi connectivity index (χ0v) is 11.2. The second kappa shape index (κ2) is 6.91. The Hall–Kier alpha value is -1.86. The van der Waals surface area contributed by atoms with Crippen molar-refractivity contribution in [2.24, 2.45) is 17.5 Å². The molecular formula is C12H20N4O3. The highest BCUT2D eigenvalue weighted by molar-refractivity contribution is 5.90. The summed E-state index contributed by atoms with van der Waals surface area (Å²) in [5.41, 5.74) is 7.20. The van der Waals surface area contributed by atoms with Gasteiger partial charge in [-0.2, -0.15) is 0 Å². The van der Waals surface area contributed by atoms with E-state index in [2.05, 4.69) is 0 Å². The van der Waals surface area contributed by atoms with Gasteiger partial charge in [-0.15, -0.1) is 0 Å². The van der Waals surface area contributed by atoms with Crippen molar-refractivity contribution >= 4 is 11.8 Å².